The topological polar surface area (TPSA) is 79.2 Å². The summed E-state index contributed by atoms with van der Waals surface area (Å²) >= 11 is 4.32. The van der Waals surface area contributed by atoms with E-state index in [4.69, 9.17) is 19.2 Å². The maximum absolute atomic E-state index is 11.3. The molecule has 5 rings (SSSR count). The van der Waals surface area contributed by atoms with Crippen molar-refractivity contribution in [1.29, 1.82) is 0 Å². The molecule has 0 spiro atoms. The molecule has 0 radical (unpaired) electrons. The minimum absolute atomic E-state index is 0.283. The zero-order valence-electron chi connectivity index (χ0n) is 27.2. The van der Waals surface area contributed by atoms with Gasteiger partial charge in [0.1, 0.15) is 30.5 Å². The number of aldehydes is 1. The van der Waals surface area contributed by atoms with Gasteiger partial charge in [-0.25, -0.2) is 4.99 Å². The van der Waals surface area contributed by atoms with Crippen molar-refractivity contribution in [2.24, 2.45) is 21.8 Å². The zero-order valence-corrected chi connectivity index (χ0v) is 28.1. The lowest BCUT2D eigenvalue weighted by atomic mass is 9.86. The van der Waals surface area contributed by atoms with Gasteiger partial charge in [0.05, 0.1) is 17.1 Å². The molecule has 44 heavy (non-hydrogen) atoms. The smallest absolute Gasteiger partial charge is 0.146 e. The molecular formula is C34H53N5O4S. The fourth-order valence-corrected chi connectivity index (χ4v) is 6.66. The average molecular weight is 628 g/mol. The molecule has 0 aliphatic carbocycles. The van der Waals surface area contributed by atoms with E-state index in [-0.39, 0.29) is 5.94 Å². The molecule has 3 fully saturated rings. The minimum atomic E-state index is 0.283. The molecule has 0 bridgehead atoms. The van der Waals surface area contributed by atoms with Crippen LogP contribution in [0.1, 0.15) is 66.2 Å². The Morgan fingerprint density at radius 3 is 2.34 bits per heavy atom. The molecular weight excluding hydrogens is 574 g/mol. The zero-order chi connectivity index (χ0) is 31.3. The lowest BCUT2D eigenvalue weighted by Gasteiger charge is -2.41. The van der Waals surface area contributed by atoms with E-state index in [9.17, 15) is 4.79 Å². The van der Waals surface area contributed by atoms with Gasteiger partial charge in [0.15, 0.2) is 0 Å². The van der Waals surface area contributed by atoms with Crippen LogP contribution in [0.5, 0.6) is 5.75 Å². The van der Waals surface area contributed by atoms with Gasteiger partial charge in [-0.3, -0.25) is 14.7 Å². The quantitative estimate of drug-likeness (QED) is 0.159. The number of thiol groups is 1. The molecule has 10 heteroatoms. The summed E-state index contributed by atoms with van der Waals surface area (Å²) < 4.78 is 16.8. The number of anilines is 2. The summed E-state index contributed by atoms with van der Waals surface area (Å²) in [5, 5.41) is 0. The summed E-state index contributed by atoms with van der Waals surface area (Å²) in [6, 6.07) is 6.80. The van der Waals surface area contributed by atoms with Crippen molar-refractivity contribution in [2.45, 2.75) is 72.3 Å². The second kappa shape index (κ2) is 17.9. The highest BCUT2D eigenvalue weighted by Crippen LogP contribution is 2.36. The Balaban J connectivity index is 0.000000375. The van der Waals surface area contributed by atoms with Gasteiger partial charge in [-0.2, -0.15) is 0 Å². The molecule has 0 N–H and O–H groups in total. The Labute approximate surface area is 270 Å². The van der Waals surface area contributed by atoms with Gasteiger partial charge in [0.2, 0.25) is 0 Å². The lowest BCUT2D eigenvalue weighted by molar-refractivity contribution is -0.104. The van der Waals surface area contributed by atoms with Crippen LogP contribution in [0.2, 0.25) is 0 Å². The van der Waals surface area contributed by atoms with E-state index < -0.39 is 0 Å². The summed E-state index contributed by atoms with van der Waals surface area (Å²) in [7, 11) is 0. The molecule has 244 valence electrons. The number of nitrogens with zero attached hydrogens (tertiary/aromatic N) is 5. The van der Waals surface area contributed by atoms with E-state index in [1.54, 1.807) is 0 Å². The van der Waals surface area contributed by atoms with Crippen molar-refractivity contribution in [1.82, 2.24) is 4.90 Å². The number of hydrogen-bond donors (Lipinski definition) is 1. The van der Waals surface area contributed by atoms with E-state index in [1.807, 2.05) is 17.9 Å². The third kappa shape index (κ3) is 9.31. The number of carbonyl (C=O) groups is 1. The molecule has 1 unspecified atom stereocenters. The van der Waals surface area contributed by atoms with Crippen molar-refractivity contribution in [2.75, 3.05) is 75.0 Å². The summed E-state index contributed by atoms with van der Waals surface area (Å²) in [6.45, 7) is 16.7. The predicted octanol–water partition coefficient (Wildman–Crippen LogP) is 5.84. The first-order valence-electron chi connectivity index (χ1n) is 16.5. The summed E-state index contributed by atoms with van der Waals surface area (Å²) in [6.07, 6.45) is 9.20. The fraction of sp³-hybridized carbons (Fsp3) is 0.676. The minimum Gasteiger partial charge on any atom is -0.481 e. The molecule has 3 saturated heterocycles. The molecule has 0 aromatic heterocycles. The van der Waals surface area contributed by atoms with E-state index in [0.29, 0.717) is 18.5 Å². The van der Waals surface area contributed by atoms with Crippen LogP contribution in [0.15, 0.2) is 40.1 Å². The Hall–Kier alpha value is -2.40. The number of allylic oxidation sites excluding steroid dienone is 1. The van der Waals surface area contributed by atoms with Gasteiger partial charge in [-0.15, -0.1) is 12.6 Å². The van der Waals surface area contributed by atoms with Gasteiger partial charge in [0.25, 0.3) is 0 Å². The molecule has 4 aliphatic heterocycles. The highest BCUT2D eigenvalue weighted by molar-refractivity contribution is 7.80. The number of aliphatic imine (C=N–C) groups is 2. The van der Waals surface area contributed by atoms with Crippen molar-refractivity contribution in [3.8, 4) is 5.75 Å². The van der Waals surface area contributed by atoms with Gasteiger partial charge in [-0.05, 0) is 63.0 Å². The Morgan fingerprint density at radius 2 is 1.73 bits per heavy atom. The van der Waals surface area contributed by atoms with E-state index in [2.05, 4.69) is 60.3 Å². The van der Waals surface area contributed by atoms with Crippen molar-refractivity contribution in [3.63, 3.8) is 0 Å². The molecule has 4 aliphatic rings. The molecule has 4 heterocycles. The SMILES string of the molecule is CCC(C)C1CCOCC1.CCC1=NCN(c2ccc(N3CCN(C4CCOCC4)CC3)c(OCS)c2)/C(=C\C=O)N=C1C. The maximum Gasteiger partial charge on any atom is 0.146 e. The number of rotatable bonds is 9. The predicted molar refractivity (Wildman–Crippen MR) is 184 cm³/mol. The number of benzene rings is 1. The van der Waals surface area contributed by atoms with E-state index in [0.717, 1.165) is 119 Å². The largest absolute Gasteiger partial charge is 0.481 e. The Bertz CT molecular complexity index is 1140. The molecule has 1 aromatic carbocycles. The average Bonchev–Trinajstić information content (AvgIpc) is 3.23. The lowest BCUT2D eigenvalue weighted by Crippen LogP contribution is -2.51. The third-order valence-corrected chi connectivity index (χ3v) is 9.61. The van der Waals surface area contributed by atoms with Crippen LogP contribution >= 0.6 is 12.6 Å². The molecule has 0 saturated carbocycles. The number of ether oxygens (including phenoxy) is 3. The van der Waals surface area contributed by atoms with Gasteiger partial charge in [0, 0.05) is 76.5 Å². The third-order valence-electron chi connectivity index (χ3n) is 9.48. The monoisotopic (exact) mass is 627 g/mol. The van der Waals surface area contributed by atoms with Crippen LogP contribution in [0.4, 0.5) is 11.4 Å². The van der Waals surface area contributed by atoms with Crippen molar-refractivity contribution >= 4 is 41.7 Å². The molecule has 1 aromatic rings. The van der Waals surface area contributed by atoms with Gasteiger partial charge < -0.3 is 24.0 Å². The first kappa shape index (κ1) is 34.5. The Kier molecular flexibility index (Phi) is 14.0. The van der Waals surface area contributed by atoms with Gasteiger partial charge >= 0.3 is 0 Å². The highest BCUT2D eigenvalue weighted by atomic mass is 32.1. The first-order valence-corrected chi connectivity index (χ1v) is 17.2. The second-order valence-corrected chi connectivity index (χ2v) is 12.3. The van der Waals surface area contributed by atoms with Crippen molar-refractivity contribution < 1.29 is 19.0 Å². The second-order valence-electron chi connectivity index (χ2n) is 12.0. The van der Waals surface area contributed by atoms with Gasteiger partial charge in [-0.1, -0.05) is 27.2 Å². The summed E-state index contributed by atoms with van der Waals surface area (Å²) in [5.74, 6) is 3.49. The van der Waals surface area contributed by atoms with Crippen LogP contribution in [-0.4, -0.2) is 93.9 Å². The van der Waals surface area contributed by atoms with Crippen LogP contribution < -0.4 is 14.5 Å². The van der Waals surface area contributed by atoms with Crippen LogP contribution in [0, 0.1) is 11.8 Å². The Morgan fingerprint density at radius 1 is 1.05 bits per heavy atom. The molecule has 0 amide bonds. The highest BCUT2D eigenvalue weighted by Gasteiger charge is 2.27. The maximum atomic E-state index is 11.3. The van der Waals surface area contributed by atoms with E-state index >= 15 is 0 Å². The molecule has 1 atom stereocenters. The van der Waals surface area contributed by atoms with Crippen LogP contribution in [-0.2, 0) is 14.3 Å². The number of carbonyl (C=O) groups excluding carboxylic acids is 1. The fourth-order valence-electron chi connectivity index (χ4n) is 6.52. The standard InChI is InChI=1S/C25H35N5O3S.C9H18O/c1-3-22-19(2)27-25(6-13-31)30(17-26-22)21-4-5-23(24(16-21)33-18-34)29-11-9-28(10-12-29)20-7-14-32-15-8-20;1-3-8(2)9-4-6-10-7-5-9/h4-6,13,16,20,34H,3,7-12,14-15,17-18H2,1-2H3;8-9H,3-7H2,1-2H3/b25-6-;. The van der Waals surface area contributed by atoms with E-state index in [1.165, 1.54) is 25.3 Å². The molecule has 9 nitrogen and oxygen atoms in total. The van der Waals surface area contributed by atoms with Crippen molar-refractivity contribution in [3.05, 3.63) is 30.1 Å². The number of piperazine rings is 1. The van der Waals surface area contributed by atoms with Crippen LogP contribution in [0.3, 0.4) is 0 Å². The summed E-state index contributed by atoms with van der Waals surface area (Å²) in [5.41, 5.74) is 3.74. The first-order chi connectivity index (χ1) is 21.5. The normalized spacial score (nSPS) is 22.4. The van der Waals surface area contributed by atoms with Crippen LogP contribution in [0.25, 0.3) is 0 Å². The number of hydrogen-bond acceptors (Lipinski definition) is 10. The summed E-state index contributed by atoms with van der Waals surface area (Å²) in [4.78, 5) is 27.7.